The molecule has 1 heterocycles. The molecule has 110 valence electrons. The normalized spacial score (nSPS) is 10.2. The summed E-state index contributed by atoms with van der Waals surface area (Å²) in [5.74, 6) is -1.11. The van der Waals surface area contributed by atoms with Crippen molar-refractivity contribution in [3.05, 3.63) is 59.3 Å². The van der Waals surface area contributed by atoms with Crippen molar-refractivity contribution in [2.75, 3.05) is 6.61 Å². The van der Waals surface area contributed by atoms with Gasteiger partial charge in [0.1, 0.15) is 11.6 Å². The van der Waals surface area contributed by atoms with Gasteiger partial charge in [-0.3, -0.25) is 4.79 Å². The predicted molar refractivity (Wildman–Crippen MR) is 72.0 cm³/mol. The highest BCUT2D eigenvalue weighted by Gasteiger charge is 2.12. The van der Waals surface area contributed by atoms with E-state index in [1.165, 1.54) is 18.4 Å². The van der Waals surface area contributed by atoms with Crippen LogP contribution in [-0.2, 0) is 16.1 Å². The van der Waals surface area contributed by atoms with E-state index in [1.807, 2.05) is 0 Å². The number of rotatable bonds is 5. The van der Waals surface area contributed by atoms with Crippen molar-refractivity contribution in [1.82, 2.24) is 5.32 Å². The molecule has 1 amide bonds. The Labute approximate surface area is 120 Å². The monoisotopic (exact) mass is 291 g/mol. The third-order valence-electron chi connectivity index (χ3n) is 2.78. The molecule has 0 fully saturated rings. The van der Waals surface area contributed by atoms with E-state index in [1.54, 1.807) is 19.1 Å². The SMILES string of the molecule is Cc1ccc(C(=O)OCC(=O)NCc2ccco2)cc1F. The van der Waals surface area contributed by atoms with Crippen LogP contribution in [0.15, 0.2) is 41.0 Å². The lowest BCUT2D eigenvalue weighted by Crippen LogP contribution is -2.28. The first-order chi connectivity index (χ1) is 10.1. The van der Waals surface area contributed by atoms with Crippen LogP contribution in [0.25, 0.3) is 0 Å². The second-order valence-corrected chi connectivity index (χ2v) is 4.40. The number of hydrogen-bond acceptors (Lipinski definition) is 4. The molecule has 0 aliphatic heterocycles. The van der Waals surface area contributed by atoms with Crippen LogP contribution >= 0.6 is 0 Å². The van der Waals surface area contributed by atoms with Crippen LogP contribution in [0, 0.1) is 12.7 Å². The zero-order valence-electron chi connectivity index (χ0n) is 11.4. The third kappa shape index (κ3) is 4.17. The second kappa shape index (κ2) is 6.69. The van der Waals surface area contributed by atoms with E-state index < -0.39 is 24.3 Å². The molecule has 1 aromatic heterocycles. The number of furan rings is 1. The molecule has 0 aliphatic rings. The lowest BCUT2D eigenvalue weighted by atomic mass is 10.1. The number of ether oxygens (including phenoxy) is 1. The van der Waals surface area contributed by atoms with Gasteiger partial charge in [0.25, 0.3) is 5.91 Å². The minimum atomic E-state index is -0.748. The van der Waals surface area contributed by atoms with Crippen molar-refractivity contribution < 1.29 is 23.1 Å². The molecule has 2 aromatic rings. The summed E-state index contributed by atoms with van der Waals surface area (Å²) in [4.78, 5) is 23.1. The zero-order chi connectivity index (χ0) is 15.2. The highest BCUT2D eigenvalue weighted by Crippen LogP contribution is 2.10. The van der Waals surface area contributed by atoms with E-state index in [2.05, 4.69) is 5.32 Å². The number of esters is 1. The van der Waals surface area contributed by atoms with Crippen molar-refractivity contribution in [2.24, 2.45) is 0 Å². The molecule has 0 unspecified atom stereocenters. The fourth-order valence-electron chi connectivity index (χ4n) is 1.58. The van der Waals surface area contributed by atoms with Gasteiger partial charge in [-0.15, -0.1) is 0 Å². The van der Waals surface area contributed by atoms with Gasteiger partial charge in [-0.25, -0.2) is 9.18 Å². The molecule has 0 radical (unpaired) electrons. The molecular weight excluding hydrogens is 277 g/mol. The highest BCUT2D eigenvalue weighted by molar-refractivity contribution is 5.91. The Morgan fingerprint density at radius 3 is 2.81 bits per heavy atom. The average Bonchev–Trinajstić information content (AvgIpc) is 2.98. The Bertz CT molecular complexity index is 637. The molecular formula is C15H14FNO4. The van der Waals surface area contributed by atoms with Gasteiger partial charge in [0.05, 0.1) is 18.4 Å². The van der Waals surface area contributed by atoms with E-state index >= 15 is 0 Å². The minimum Gasteiger partial charge on any atom is -0.467 e. The first-order valence-electron chi connectivity index (χ1n) is 6.28. The summed E-state index contributed by atoms with van der Waals surface area (Å²) in [5.41, 5.74) is 0.500. The number of nitrogens with one attached hydrogen (secondary N) is 1. The average molecular weight is 291 g/mol. The Morgan fingerprint density at radius 1 is 1.33 bits per heavy atom. The lowest BCUT2D eigenvalue weighted by molar-refractivity contribution is -0.124. The number of carbonyl (C=O) groups excluding carboxylic acids is 2. The molecule has 5 nitrogen and oxygen atoms in total. The van der Waals surface area contributed by atoms with Crippen molar-refractivity contribution in [1.29, 1.82) is 0 Å². The maximum atomic E-state index is 13.3. The fraction of sp³-hybridized carbons (Fsp3) is 0.200. The van der Waals surface area contributed by atoms with Gasteiger partial charge in [-0.2, -0.15) is 0 Å². The number of halogens is 1. The quantitative estimate of drug-likeness (QED) is 0.857. The maximum Gasteiger partial charge on any atom is 0.338 e. The van der Waals surface area contributed by atoms with Crippen LogP contribution in [0.5, 0.6) is 0 Å². The summed E-state index contributed by atoms with van der Waals surface area (Å²) >= 11 is 0. The summed E-state index contributed by atoms with van der Waals surface area (Å²) in [7, 11) is 0. The molecule has 0 bridgehead atoms. The standard InChI is InChI=1S/C15H14FNO4/c1-10-4-5-11(7-13(10)16)15(19)21-9-14(18)17-8-12-3-2-6-20-12/h2-7H,8-9H2,1H3,(H,17,18). The van der Waals surface area contributed by atoms with E-state index in [-0.39, 0.29) is 12.1 Å². The molecule has 21 heavy (non-hydrogen) atoms. The second-order valence-electron chi connectivity index (χ2n) is 4.40. The van der Waals surface area contributed by atoms with Crippen LogP contribution in [0.3, 0.4) is 0 Å². The molecule has 0 aliphatic carbocycles. The van der Waals surface area contributed by atoms with Gasteiger partial charge in [-0.1, -0.05) is 6.07 Å². The van der Waals surface area contributed by atoms with Gasteiger partial charge in [0, 0.05) is 0 Å². The molecule has 1 aromatic carbocycles. The molecule has 6 heteroatoms. The summed E-state index contributed by atoms with van der Waals surface area (Å²) in [5, 5.41) is 2.53. The Morgan fingerprint density at radius 2 is 2.14 bits per heavy atom. The smallest absolute Gasteiger partial charge is 0.338 e. The number of hydrogen-bond donors (Lipinski definition) is 1. The highest BCUT2D eigenvalue weighted by atomic mass is 19.1. The van der Waals surface area contributed by atoms with Gasteiger partial charge >= 0.3 is 5.97 Å². The fourth-order valence-corrected chi connectivity index (χ4v) is 1.58. The van der Waals surface area contributed by atoms with E-state index in [0.29, 0.717) is 11.3 Å². The van der Waals surface area contributed by atoms with Gasteiger partial charge in [-0.05, 0) is 36.8 Å². The molecule has 1 N–H and O–H groups in total. The zero-order valence-corrected chi connectivity index (χ0v) is 11.4. The van der Waals surface area contributed by atoms with Crippen molar-refractivity contribution in [3.8, 4) is 0 Å². The summed E-state index contributed by atoms with van der Waals surface area (Å²) in [6.07, 6.45) is 1.49. The van der Waals surface area contributed by atoms with Crippen molar-refractivity contribution >= 4 is 11.9 Å². The summed E-state index contributed by atoms with van der Waals surface area (Å²) in [6.45, 7) is 1.37. The first-order valence-corrected chi connectivity index (χ1v) is 6.28. The van der Waals surface area contributed by atoms with Crippen LogP contribution in [-0.4, -0.2) is 18.5 Å². The largest absolute Gasteiger partial charge is 0.467 e. The predicted octanol–water partition coefficient (Wildman–Crippen LogP) is 2.20. The number of benzene rings is 1. The number of amides is 1. The molecule has 0 atom stereocenters. The van der Waals surface area contributed by atoms with Crippen LogP contribution in [0.2, 0.25) is 0 Å². The first kappa shape index (κ1) is 14.8. The van der Waals surface area contributed by atoms with Crippen molar-refractivity contribution in [3.63, 3.8) is 0 Å². The Hall–Kier alpha value is -2.63. The topological polar surface area (TPSA) is 68.5 Å². The third-order valence-corrected chi connectivity index (χ3v) is 2.78. The van der Waals surface area contributed by atoms with Crippen molar-refractivity contribution in [2.45, 2.75) is 13.5 Å². The van der Waals surface area contributed by atoms with Gasteiger partial charge < -0.3 is 14.5 Å². The minimum absolute atomic E-state index is 0.0666. The van der Waals surface area contributed by atoms with Gasteiger partial charge in [0.15, 0.2) is 6.61 Å². The Balaban J connectivity index is 1.80. The van der Waals surface area contributed by atoms with Crippen LogP contribution in [0.1, 0.15) is 21.7 Å². The molecule has 0 spiro atoms. The molecule has 2 rings (SSSR count). The Kier molecular flexibility index (Phi) is 4.71. The molecule has 0 saturated heterocycles. The van der Waals surface area contributed by atoms with E-state index in [9.17, 15) is 14.0 Å². The van der Waals surface area contributed by atoms with Crippen LogP contribution < -0.4 is 5.32 Å². The number of aryl methyl sites for hydroxylation is 1. The van der Waals surface area contributed by atoms with Crippen LogP contribution in [0.4, 0.5) is 4.39 Å². The number of carbonyl (C=O) groups is 2. The summed E-state index contributed by atoms with van der Waals surface area (Å²) in [6, 6.07) is 7.41. The summed E-state index contributed by atoms with van der Waals surface area (Å²) < 4.78 is 23.2. The van der Waals surface area contributed by atoms with E-state index in [0.717, 1.165) is 6.07 Å². The lowest BCUT2D eigenvalue weighted by Gasteiger charge is -2.06. The molecule has 0 saturated carbocycles. The maximum absolute atomic E-state index is 13.3. The van der Waals surface area contributed by atoms with E-state index in [4.69, 9.17) is 9.15 Å². The van der Waals surface area contributed by atoms with Gasteiger partial charge in [0.2, 0.25) is 0 Å².